The summed E-state index contributed by atoms with van der Waals surface area (Å²) >= 11 is 0. The molecule has 0 spiro atoms. The summed E-state index contributed by atoms with van der Waals surface area (Å²) in [6.07, 6.45) is 4.34. The quantitative estimate of drug-likeness (QED) is 0.867. The highest BCUT2D eigenvalue weighted by molar-refractivity contribution is 6.04. The van der Waals surface area contributed by atoms with E-state index in [2.05, 4.69) is 22.7 Å². The van der Waals surface area contributed by atoms with Crippen molar-refractivity contribution in [3.05, 3.63) is 40.3 Å². The van der Waals surface area contributed by atoms with Gasteiger partial charge in [0.25, 0.3) is 11.5 Å². The van der Waals surface area contributed by atoms with Gasteiger partial charge in [-0.3, -0.25) is 14.4 Å². The van der Waals surface area contributed by atoms with Gasteiger partial charge in [-0.2, -0.15) is 5.10 Å². The van der Waals surface area contributed by atoms with E-state index in [-0.39, 0.29) is 29.7 Å². The molecule has 7 heteroatoms. The number of amides is 2. The zero-order valence-corrected chi connectivity index (χ0v) is 15.1. The van der Waals surface area contributed by atoms with E-state index >= 15 is 0 Å². The SMILES string of the molecule is CNC(=O)c1nn(CC(=O)N[C@H]2CCCC[C@H]2C)c(=O)c2ccccc12. The lowest BCUT2D eigenvalue weighted by Gasteiger charge is -2.29. The Balaban J connectivity index is 1.89. The van der Waals surface area contributed by atoms with Crippen LogP contribution in [0, 0.1) is 5.92 Å². The van der Waals surface area contributed by atoms with Crippen LogP contribution < -0.4 is 16.2 Å². The molecule has 1 saturated carbocycles. The second-order valence-electron chi connectivity index (χ2n) is 6.87. The normalized spacial score (nSPS) is 19.9. The summed E-state index contributed by atoms with van der Waals surface area (Å²) in [5.41, 5.74) is -0.235. The Kier molecular flexibility index (Phi) is 5.35. The van der Waals surface area contributed by atoms with E-state index in [0.717, 1.165) is 23.9 Å². The van der Waals surface area contributed by atoms with Gasteiger partial charge in [-0.25, -0.2) is 4.68 Å². The fourth-order valence-electron chi connectivity index (χ4n) is 3.55. The minimum absolute atomic E-state index is 0.130. The summed E-state index contributed by atoms with van der Waals surface area (Å²) in [4.78, 5) is 37.3. The number of aromatic nitrogens is 2. The number of benzene rings is 1. The Bertz CT molecular complexity index is 890. The van der Waals surface area contributed by atoms with E-state index in [1.165, 1.54) is 13.5 Å². The lowest BCUT2D eigenvalue weighted by Crippen LogP contribution is -2.44. The molecule has 0 radical (unpaired) electrons. The molecule has 0 saturated heterocycles. The Morgan fingerprint density at radius 3 is 2.58 bits per heavy atom. The molecule has 2 amide bonds. The largest absolute Gasteiger partial charge is 0.354 e. The van der Waals surface area contributed by atoms with Gasteiger partial charge in [0.2, 0.25) is 5.91 Å². The maximum Gasteiger partial charge on any atom is 0.275 e. The summed E-state index contributed by atoms with van der Waals surface area (Å²) in [6.45, 7) is 1.94. The van der Waals surface area contributed by atoms with Crippen molar-refractivity contribution < 1.29 is 9.59 Å². The standard InChI is InChI=1S/C19H24N4O3/c1-12-7-3-6-10-15(12)21-16(24)11-23-19(26)14-9-5-4-8-13(14)17(22-23)18(25)20-2/h4-5,8-9,12,15H,3,6-7,10-11H2,1-2H3,(H,20,25)(H,21,24)/t12-,15+/m1/s1. The number of carbonyl (C=O) groups excluding carboxylic acids is 2. The molecule has 1 heterocycles. The zero-order chi connectivity index (χ0) is 18.7. The van der Waals surface area contributed by atoms with Gasteiger partial charge in [-0.15, -0.1) is 0 Å². The van der Waals surface area contributed by atoms with E-state index in [4.69, 9.17) is 0 Å². The van der Waals surface area contributed by atoms with Gasteiger partial charge in [0.05, 0.1) is 5.39 Å². The summed E-state index contributed by atoms with van der Waals surface area (Å²) in [5.74, 6) is -0.219. The Hall–Kier alpha value is -2.70. The van der Waals surface area contributed by atoms with Gasteiger partial charge in [-0.05, 0) is 24.8 Å². The lowest BCUT2D eigenvalue weighted by molar-refractivity contribution is -0.123. The monoisotopic (exact) mass is 356 g/mol. The van der Waals surface area contributed by atoms with Crippen molar-refractivity contribution in [2.24, 2.45) is 5.92 Å². The van der Waals surface area contributed by atoms with E-state index in [1.54, 1.807) is 24.3 Å². The average Bonchev–Trinajstić information content (AvgIpc) is 2.65. The predicted octanol–water partition coefficient (Wildman–Crippen LogP) is 1.45. The molecule has 1 aromatic carbocycles. The number of fused-ring (bicyclic) bond motifs is 1. The molecule has 3 rings (SSSR count). The molecule has 0 bridgehead atoms. The van der Waals surface area contributed by atoms with Gasteiger partial charge < -0.3 is 10.6 Å². The van der Waals surface area contributed by atoms with Gasteiger partial charge >= 0.3 is 0 Å². The molecular formula is C19H24N4O3. The first-order valence-electron chi connectivity index (χ1n) is 9.02. The lowest BCUT2D eigenvalue weighted by atomic mass is 9.86. The minimum Gasteiger partial charge on any atom is -0.354 e. The van der Waals surface area contributed by atoms with Crippen LogP contribution in [0.25, 0.3) is 10.8 Å². The van der Waals surface area contributed by atoms with Crippen LogP contribution in [0.15, 0.2) is 29.1 Å². The van der Waals surface area contributed by atoms with Crippen LogP contribution >= 0.6 is 0 Å². The van der Waals surface area contributed by atoms with Gasteiger partial charge in [0.15, 0.2) is 5.69 Å². The van der Waals surface area contributed by atoms with Crippen molar-refractivity contribution in [1.29, 1.82) is 0 Å². The Morgan fingerprint density at radius 1 is 1.19 bits per heavy atom. The van der Waals surface area contributed by atoms with Crippen molar-refractivity contribution in [3.8, 4) is 0 Å². The first-order chi connectivity index (χ1) is 12.5. The number of nitrogens with zero attached hydrogens (tertiary/aromatic N) is 2. The second-order valence-corrected chi connectivity index (χ2v) is 6.87. The highest BCUT2D eigenvalue weighted by Gasteiger charge is 2.23. The summed E-state index contributed by atoms with van der Waals surface area (Å²) in [7, 11) is 1.51. The molecule has 2 atom stereocenters. The third kappa shape index (κ3) is 3.61. The topological polar surface area (TPSA) is 93.1 Å². The predicted molar refractivity (Wildman–Crippen MR) is 99.0 cm³/mol. The molecule has 1 aliphatic rings. The number of hydrogen-bond donors (Lipinski definition) is 2. The van der Waals surface area contributed by atoms with E-state index in [1.807, 2.05) is 0 Å². The number of carbonyl (C=O) groups is 2. The molecule has 1 aromatic heterocycles. The molecular weight excluding hydrogens is 332 g/mol. The maximum absolute atomic E-state index is 12.7. The average molecular weight is 356 g/mol. The van der Waals surface area contributed by atoms with Crippen LogP contribution in [0.5, 0.6) is 0 Å². The van der Waals surface area contributed by atoms with Gasteiger partial charge in [0.1, 0.15) is 6.54 Å². The smallest absolute Gasteiger partial charge is 0.275 e. The summed E-state index contributed by atoms with van der Waals surface area (Å²) < 4.78 is 1.08. The van der Waals surface area contributed by atoms with Crippen molar-refractivity contribution >= 4 is 22.6 Å². The molecule has 1 fully saturated rings. The molecule has 0 unspecified atom stereocenters. The molecule has 0 aliphatic heterocycles. The van der Waals surface area contributed by atoms with Crippen molar-refractivity contribution in [2.45, 2.75) is 45.2 Å². The molecule has 26 heavy (non-hydrogen) atoms. The van der Waals surface area contributed by atoms with Gasteiger partial charge in [-0.1, -0.05) is 38.0 Å². The zero-order valence-electron chi connectivity index (χ0n) is 15.1. The third-order valence-corrected chi connectivity index (χ3v) is 5.06. The third-order valence-electron chi connectivity index (χ3n) is 5.06. The minimum atomic E-state index is -0.392. The summed E-state index contributed by atoms with van der Waals surface area (Å²) in [5, 5.41) is 10.6. The van der Waals surface area contributed by atoms with Crippen LogP contribution in [0.3, 0.4) is 0 Å². The van der Waals surface area contributed by atoms with Crippen LogP contribution in [0.4, 0.5) is 0 Å². The van der Waals surface area contributed by atoms with E-state index in [9.17, 15) is 14.4 Å². The maximum atomic E-state index is 12.7. The van der Waals surface area contributed by atoms with Crippen LogP contribution in [-0.4, -0.2) is 34.7 Å². The first-order valence-corrected chi connectivity index (χ1v) is 9.02. The van der Waals surface area contributed by atoms with Crippen LogP contribution in [-0.2, 0) is 11.3 Å². The Labute approximate surface area is 151 Å². The Morgan fingerprint density at radius 2 is 1.88 bits per heavy atom. The van der Waals surface area contributed by atoms with E-state index < -0.39 is 5.91 Å². The first kappa shape index (κ1) is 18.1. The molecule has 138 valence electrons. The fourth-order valence-corrected chi connectivity index (χ4v) is 3.55. The highest BCUT2D eigenvalue weighted by Crippen LogP contribution is 2.23. The number of rotatable bonds is 4. The number of hydrogen-bond acceptors (Lipinski definition) is 4. The van der Waals surface area contributed by atoms with Crippen molar-refractivity contribution in [3.63, 3.8) is 0 Å². The highest BCUT2D eigenvalue weighted by atomic mass is 16.2. The molecule has 1 aliphatic carbocycles. The molecule has 2 N–H and O–H groups in total. The van der Waals surface area contributed by atoms with Crippen LogP contribution in [0.2, 0.25) is 0 Å². The number of nitrogens with one attached hydrogen (secondary N) is 2. The second kappa shape index (κ2) is 7.68. The summed E-state index contributed by atoms with van der Waals surface area (Å²) in [6, 6.07) is 6.93. The van der Waals surface area contributed by atoms with Crippen LogP contribution in [0.1, 0.15) is 43.1 Å². The van der Waals surface area contributed by atoms with Crippen molar-refractivity contribution in [2.75, 3.05) is 7.05 Å². The van der Waals surface area contributed by atoms with E-state index in [0.29, 0.717) is 16.7 Å². The molecule has 2 aromatic rings. The van der Waals surface area contributed by atoms with Gasteiger partial charge in [0, 0.05) is 18.5 Å². The molecule has 7 nitrogen and oxygen atoms in total. The van der Waals surface area contributed by atoms with Crippen molar-refractivity contribution in [1.82, 2.24) is 20.4 Å². The fraction of sp³-hybridized carbons (Fsp3) is 0.474.